The Labute approximate surface area is 144 Å². The molecule has 0 fully saturated rings. The van der Waals surface area contributed by atoms with Gasteiger partial charge in [0, 0.05) is 10.2 Å². The monoisotopic (exact) mass is 403 g/mol. The number of hydrogen-bond acceptors (Lipinski definition) is 5. The number of rotatable bonds is 9. The second-order valence-electron chi connectivity index (χ2n) is 4.25. The predicted octanol–water partition coefficient (Wildman–Crippen LogP) is 5.62. The van der Waals surface area contributed by atoms with Crippen LogP contribution in [0.2, 0.25) is 0 Å². The third kappa shape index (κ3) is 6.68. The first-order valence-electron chi connectivity index (χ1n) is 6.94. The van der Waals surface area contributed by atoms with Crippen molar-refractivity contribution >= 4 is 40.2 Å². The number of nitriles is 1. The Morgan fingerprint density at radius 3 is 2.68 bits per heavy atom. The fourth-order valence-corrected chi connectivity index (χ4v) is 5.65. The molecule has 0 aromatic heterocycles. The van der Waals surface area contributed by atoms with Crippen molar-refractivity contribution in [2.75, 3.05) is 12.4 Å². The second-order valence-corrected chi connectivity index (χ2v) is 9.31. The van der Waals surface area contributed by atoms with E-state index in [9.17, 15) is 9.83 Å². The molecule has 2 unspecified atom stereocenters. The number of nitrogens with zero attached hydrogens (tertiary/aromatic N) is 1. The van der Waals surface area contributed by atoms with E-state index in [1.54, 1.807) is 13.0 Å². The van der Waals surface area contributed by atoms with E-state index in [2.05, 4.69) is 15.9 Å². The minimum absolute atomic E-state index is 0.270. The quantitative estimate of drug-likeness (QED) is 0.500. The lowest BCUT2D eigenvalue weighted by Crippen LogP contribution is -2.09. The molecule has 0 N–H and O–H groups in total. The minimum Gasteiger partial charge on any atom is -0.301 e. The Hall–Kier alpha value is -0.570. The van der Waals surface area contributed by atoms with Crippen molar-refractivity contribution in [3.05, 3.63) is 40.4 Å². The van der Waals surface area contributed by atoms with Crippen LogP contribution < -0.4 is 0 Å². The third-order valence-corrected chi connectivity index (χ3v) is 7.11. The molecule has 7 heteroatoms. The van der Waals surface area contributed by atoms with E-state index in [-0.39, 0.29) is 6.61 Å². The van der Waals surface area contributed by atoms with Gasteiger partial charge in [-0.15, -0.1) is 0 Å². The molecule has 1 aromatic rings. The molecule has 0 heterocycles. The maximum absolute atomic E-state index is 12.6. The van der Waals surface area contributed by atoms with Gasteiger partial charge in [-0.05, 0) is 36.4 Å². The first kappa shape index (κ1) is 19.5. The van der Waals surface area contributed by atoms with E-state index < -0.39 is 12.9 Å². The summed E-state index contributed by atoms with van der Waals surface area (Å²) in [5, 5.41) is 9.30. The molecule has 0 saturated heterocycles. The largest absolute Gasteiger partial charge is 0.390 e. The topological polar surface area (TPSA) is 59.3 Å². The highest BCUT2D eigenvalue weighted by Gasteiger charge is 2.30. The van der Waals surface area contributed by atoms with Gasteiger partial charge in [0.1, 0.15) is 6.07 Å². The summed E-state index contributed by atoms with van der Waals surface area (Å²) in [5.41, 5.74) is 0.922. The highest BCUT2D eigenvalue weighted by Crippen LogP contribution is 2.62. The molecule has 120 valence electrons. The number of halogens is 1. The predicted molar refractivity (Wildman–Crippen MR) is 95.8 cm³/mol. The van der Waals surface area contributed by atoms with Crippen LogP contribution in [-0.2, 0) is 13.6 Å². The molecule has 0 saturated carbocycles. The Bertz CT molecular complexity index is 574. The molecule has 0 bridgehead atoms. The average Bonchev–Trinajstić information content (AvgIpc) is 2.52. The molecule has 4 nitrogen and oxygen atoms in total. The summed E-state index contributed by atoms with van der Waals surface area (Å²) >= 11 is 4.47. The van der Waals surface area contributed by atoms with E-state index in [0.717, 1.165) is 23.4 Å². The lowest BCUT2D eigenvalue weighted by molar-refractivity contribution is 0.218. The molecular formula is C15H19BrNO3PS. The fourth-order valence-electron chi connectivity index (χ4n) is 1.51. The highest BCUT2D eigenvalue weighted by atomic mass is 79.9. The van der Waals surface area contributed by atoms with Gasteiger partial charge in [-0.1, -0.05) is 53.2 Å². The van der Waals surface area contributed by atoms with Gasteiger partial charge in [-0.25, -0.2) is 4.57 Å². The Morgan fingerprint density at radius 1 is 1.45 bits per heavy atom. The van der Waals surface area contributed by atoms with Gasteiger partial charge in [-0.2, -0.15) is 5.26 Å². The van der Waals surface area contributed by atoms with E-state index >= 15 is 0 Å². The van der Waals surface area contributed by atoms with Gasteiger partial charge < -0.3 is 4.52 Å². The molecule has 0 amide bonds. The van der Waals surface area contributed by atoms with Crippen LogP contribution in [-0.4, -0.2) is 18.5 Å². The average molecular weight is 404 g/mol. The number of hydrogen-bond donors (Lipinski definition) is 0. The van der Waals surface area contributed by atoms with Crippen molar-refractivity contribution in [2.45, 2.75) is 26.4 Å². The SMILES string of the molecule is CCCSP(=O)(OCC)OC(C#N)C(Br)=Cc1ccccc1. The zero-order chi connectivity index (χ0) is 16.4. The smallest absolute Gasteiger partial charge is 0.301 e. The molecule has 0 radical (unpaired) electrons. The lowest BCUT2D eigenvalue weighted by Gasteiger charge is -2.19. The normalized spacial score (nSPS) is 15.8. The standard InChI is InChI=1S/C15H19BrNO3PS/c1-3-10-22-21(18,19-4-2)20-15(12-17)14(16)11-13-8-6-5-7-9-13/h5-9,11,15H,3-4,10H2,1-2H3. The minimum atomic E-state index is -3.34. The van der Waals surface area contributed by atoms with Crippen LogP contribution in [0.3, 0.4) is 0 Å². The first-order valence-corrected chi connectivity index (χ1v) is 10.9. The molecule has 1 rings (SSSR count). The summed E-state index contributed by atoms with van der Waals surface area (Å²) in [6.45, 7) is 0.657. The van der Waals surface area contributed by atoms with Gasteiger partial charge in [0.05, 0.1) is 6.61 Å². The number of benzene rings is 1. The molecule has 0 aliphatic carbocycles. The van der Waals surface area contributed by atoms with Gasteiger partial charge in [0.25, 0.3) is 0 Å². The van der Waals surface area contributed by atoms with Crippen LogP contribution in [0.5, 0.6) is 0 Å². The van der Waals surface area contributed by atoms with E-state index in [1.165, 1.54) is 0 Å². The van der Waals surface area contributed by atoms with Crippen molar-refractivity contribution in [1.29, 1.82) is 5.26 Å². The fraction of sp³-hybridized carbons (Fsp3) is 0.400. The van der Waals surface area contributed by atoms with Gasteiger partial charge in [-0.3, -0.25) is 4.52 Å². The summed E-state index contributed by atoms with van der Waals surface area (Å²) in [5.74, 6) is 0.648. The zero-order valence-electron chi connectivity index (χ0n) is 12.6. The van der Waals surface area contributed by atoms with Crippen molar-refractivity contribution in [1.82, 2.24) is 0 Å². The summed E-state index contributed by atoms with van der Waals surface area (Å²) in [6, 6.07) is 11.5. The molecule has 0 spiro atoms. The summed E-state index contributed by atoms with van der Waals surface area (Å²) in [7, 11) is 0. The lowest BCUT2D eigenvalue weighted by atomic mass is 10.2. The van der Waals surface area contributed by atoms with Crippen molar-refractivity contribution in [2.24, 2.45) is 0 Å². The summed E-state index contributed by atoms with van der Waals surface area (Å²) in [4.78, 5) is 0. The molecule has 0 aliphatic heterocycles. The second kappa shape index (κ2) is 10.3. The van der Waals surface area contributed by atoms with Crippen molar-refractivity contribution in [3.63, 3.8) is 0 Å². The third-order valence-electron chi connectivity index (χ3n) is 2.45. The Balaban J connectivity index is 2.88. The molecule has 2 atom stereocenters. The van der Waals surface area contributed by atoms with Crippen LogP contribution in [0.1, 0.15) is 25.8 Å². The van der Waals surface area contributed by atoms with Gasteiger partial charge in [0.15, 0.2) is 6.10 Å². The molecule has 22 heavy (non-hydrogen) atoms. The van der Waals surface area contributed by atoms with E-state index in [0.29, 0.717) is 10.2 Å². The van der Waals surface area contributed by atoms with E-state index in [4.69, 9.17) is 9.05 Å². The maximum Gasteiger partial charge on any atom is 0.390 e. The van der Waals surface area contributed by atoms with Gasteiger partial charge >= 0.3 is 6.80 Å². The highest BCUT2D eigenvalue weighted by molar-refractivity contribution is 9.11. The van der Waals surface area contributed by atoms with Crippen molar-refractivity contribution in [3.8, 4) is 6.07 Å². The molecular weight excluding hydrogens is 385 g/mol. The zero-order valence-corrected chi connectivity index (χ0v) is 15.9. The van der Waals surface area contributed by atoms with Crippen LogP contribution in [0.25, 0.3) is 6.08 Å². The maximum atomic E-state index is 12.6. The summed E-state index contributed by atoms with van der Waals surface area (Å²) < 4.78 is 23.9. The molecule has 0 aliphatic rings. The van der Waals surface area contributed by atoms with Crippen LogP contribution in [0, 0.1) is 11.3 Å². The van der Waals surface area contributed by atoms with Crippen LogP contribution in [0.4, 0.5) is 0 Å². The first-order chi connectivity index (χ1) is 10.5. The van der Waals surface area contributed by atoms with E-state index in [1.807, 2.05) is 43.3 Å². The van der Waals surface area contributed by atoms with Crippen LogP contribution >= 0.6 is 34.1 Å². The Kier molecular flexibility index (Phi) is 9.08. The Morgan fingerprint density at radius 2 is 2.14 bits per heavy atom. The van der Waals surface area contributed by atoms with Crippen molar-refractivity contribution < 1.29 is 13.6 Å². The van der Waals surface area contributed by atoms with Crippen LogP contribution in [0.15, 0.2) is 34.8 Å². The molecule has 1 aromatic carbocycles. The summed E-state index contributed by atoms with van der Waals surface area (Å²) in [6.07, 6.45) is 1.65. The van der Waals surface area contributed by atoms with Gasteiger partial charge in [0.2, 0.25) is 0 Å².